The molecule has 6 nitrogen and oxygen atoms in total. The zero-order valence-corrected chi connectivity index (χ0v) is 19.0. The first-order valence-corrected chi connectivity index (χ1v) is 11.1. The van der Waals surface area contributed by atoms with Gasteiger partial charge in [0.15, 0.2) is 0 Å². The summed E-state index contributed by atoms with van der Waals surface area (Å²) in [5.41, 5.74) is 2.41. The minimum atomic E-state index is -0.884. The number of carbonyl (C=O) groups is 2. The van der Waals surface area contributed by atoms with Crippen LogP contribution >= 0.6 is 11.6 Å². The van der Waals surface area contributed by atoms with Crippen LogP contribution in [0.15, 0.2) is 72.4 Å². The number of aliphatic hydroxyl groups is 1. The molecule has 7 heteroatoms. The van der Waals surface area contributed by atoms with Crippen molar-refractivity contribution in [2.45, 2.75) is 26.3 Å². The van der Waals surface area contributed by atoms with Crippen LogP contribution in [0.4, 0.5) is 5.69 Å². The molecule has 1 unspecified atom stereocenters. The van der Waals surface area contributed by atoms with E-state index in [4.69, 9.17) is 16.3 Å². The van der Waals surface area contributed by atoms with Gasteiger partial charge in [0.25, 0.3) is 11.7 Å². The third-order valence-corrected chi connectivity index (χ3v) is 5.85. The molecule has 1 aliphatic rings. The van der Waals surface area contributed by atoms with Gasteiger partial charge in [0.2, 0.25) is 0 Å². The Bertz CT molecular complexity index is 1220. The standard InChI is InChI=1S/C26H23ClN2O4/c1-3-16-8-11-18(12-9-16)29-23(20-7-5-6-14-28-20)22(25(31)26(29)32)24(30)17-10-13-19(27)21(15-17)33-4-2/h5-15,23,30H,3-4H2,1-2H3/b24-22-. The topological polar surface area (TPSA) is 79.7 Å². The number of ketones is 1. The van der Waals surface area contributed by atoms with Gasteiger partial charge in [-0.1, -0.05) is 36.7 Å². The Morgan fingerprint density at radius 3 is 2.48 bits per heavy atom. The molecule has 3 aromatic rings. The largest absolute Gasteiger partial charge is 0.507 e. The van der Waals surface area contributed by atoms with E-state index in [1.54, 1.807) is 54.7 Å². The van der Waals surface area contributed by atoms with Gasteiger partial charge < -0.3 is 9.84 Å². The van der Waals surface area contributed by atoms with Crippen LogP contribution < -0.4 is 9.64 Å². The number of aryl methyl sites for hydroxylation is 1. The predicted molar refractivity (Wildman–Crippen MR) is 127 cm³/mol. The number of nitrogens with zero attached hydrogens (tertiary/aromatic N) is 2. The maximum atomic E-state index is 13.2. The van der Waals surface area contributed by atoms with Crippen molar-refractivity contribution in [1.82, 2.24) is 4.98 Å². The minimum absolute atomic E-state index is 0.0389. The van der Waals surface area contributed by atoms with Crippen molar-refractivity contribution in [3.05, 3.63) is 94.3 Å². The van der Waals surface area contributed by atoms with Gasteiger partial charge in [-0.05, 0) is 61.4 Å². The number of halogens is 1. The first-order chi connectivity index (χ1) is 16.0. The molecule has 0 radical (unpaired) electrons. The summed E-state index contributed by atoms with van der Waals surface area (Å²) < 4.78 is 5.52. The zero-order valence-electron chi connectivity index (χ0n) is 18.3. The van der Waals surface area contributed by atoms with Gasteiger partial charge in [-0.25, -0.2) is 0 Å². The van der Waals surface area contributed by atoms with Gasteiger partial charge in [-0.15, -0.1) is 0 Å². The van der Waals surface area contributed by atoms with Crippen LogP contribution in [-0.2, 0) is 16.0 Å². The molecule has 0 bridgehead atoms. The Balaban J connectivity index is 1.90. The first-order valence-electron chi connectivity index (χ1n) is 10.7. The molecule has 1 aliphatic heterocycles. The van der Waals surface area contributed by atoms with Crippen LogP contribution in [0.1, 0.15) is 36.7 Å². The van der Waals surface area contributed by atoms with E-state index >= 15 is 0 Å². The third-order valence-electron chi connectivity index (χ3n) is 5.54. The summed E-state index contributed by atoms with van der Waals surface area (Å²) in [7, 11) is 0. The van der Waals surface area contributed by atoms with Gasteiger partial charge in [0.05, 0.1) is 22.9 Å². The highest BCUT2D eigenvalue weighted by Gasteiger charge is 2.47. The summed E-state index contributed by atoms with van der Waals surface area (Å²) in [6, 6.07) is 16.5. The smallest absolute Gasteiger partial charge is 0.300 e. The summed E-state index contributed by atoms with van der Waals surface area (Å²) >= 11 is 6.18. The number of aliphatic hydroxyl groups excluding tert-OH is 1. The maximum absolute atomic E-state index is 13.2. The van der Waals surface area contributed by atoms with Crippen molar-refractivity contribution in [1.29, 1.82) is 0 Å². The maximum Gasteiger partial charge on any atom is 0.300 e. The van der Waals surface area contributed by atoms with E-state index in [-0.39, 0.29) is 11.3 Å². The number of ether oxygens (including phenoxy) is 1. The Kier molecular flexibility index (Phi) is 6.47. The average molecular weight is 463 g/mol. The fraction of sp³-hybridized carbons (Fsp3) is 0.192. The molecule has 4 rings (SSSR count). The lowest BCUT2D eigenvalue weighted by Gasteiger charge is -2.24. The fourth-order valence-electron chi connectivity index (χ4n) is 3.88. The van der Waals surface area contributed by atoms with Crippen LogP contribution in [0.5, 0.6) is 5.75 Å². The van der Waals surface area contributed by atoms with Gasteiger partial charge in [-0.3, -0.25) is 19.5 Å². The highest BCUT2D eigenvalue weighted by atomic mass is 35.5. The summed E-state index contributed by atoms with van der Waals surface area (Å²) in [5.74, 6) is -1.44. The van der Waals surface area contributed by atoms with Crippen molar-refractivity contribution in [3.8, 4) is 5.75 Å². The number of benzene rings is 2. The molecule has 0 saturated carbocycles. The second kappa shape index (κ2) is 9.46. The van der Waals surface area contributed by atoms with E-state index in [0.717, 1.165) is 12.0 Å². The highest BCUT2D eigenvalue weighted by Crippen LogP contribution is 2.42. The molecule has 33 heavy (non-hydrogen) atoms. The van der Waals surface area contributed by atoms with Gasteiger partial charge >= 0.3 is 0 Å². The second-order valence-corrected chi connectivity index (χ2v) is 7.93. The summed E-state index contributed by atoms with van der Waals surface area (Å²) in [6.45, 7) is 4.24. The molecule has 0 aliphatic carbocycles. The zero-order chi connectivity index (χ0) is 23.5. The lowest BCUT2D eigenvalue weighted by molar-refractivity contribution is -0.132. The van der Waals surface area contributed by atoms with Gasteiger partial charge in [0, 0.05) is 17.4 Å². The minimum Gasteiger partial charge on any atom is -0.507 e. The van der Waals surface area contributed by atoms with Crippen LogP contribution in [0, 0.1) is 0 Å². The molecule has 1 N–H and O–H groups in total. The quantitative estimate of drug-likeness (QED) is 0.304. The van der Waals surface area contributed by atoms with E-state index in [0.29, 0.717) is 34.3 Å². The Morgan fingerprint density at radius 2 is 1.85 bits per heavy atom. The molecular formula is C26H23ClN2O4. The van der Waals surface area contributed by atoms with E-state index < -0.39 is 17.7 Å². The van der Waals surface area contributed by atoms with Crippen LogP contribution in [0.25, 0.3) is 5.76 Å². The van der Waals surface area contributed by atoms with Crippen molar-refractivity contribution in [2.75, 3.05) is 11.5 Å². The molecule has 0 spiro atoms. The van der Waals surface area contributed by atoms with E-state index in [1.165, 1.54) is 4.90 Å². The number of hydrogen-bond donors (Lipinski definition) is 1. The number of carbonyl (C=O) groups excluding carboxylic acids is 2. The molecule has 2 heterocycles. The summed E-state index contributed by atoms with van der Waals surface area (Å²) in [6.07, 6.45) is 2.44. The Hall–Kier alpha value is -3.64. The van der Waals surface area contributed by atoms with Gasteiger partial charge in [0.1, 0.15) is 17.6 Å². The monoisotopic (exact) mass is 462 g/mol. The van der Waals surface area contributed by atoms with E-state index in [9.17, 15) is 14.7 Å². The first kappa shape index (κ1) is 22.6. The number of anilines is 1. The van der Waals surface area contributed by atoms with Gasteiger partial charge in [-0.2, -0.15) is 0 Å². The fourth-order valence-corrected chi connectivity index (χ4v) is 4.05. The average Bonchev–Trinajstić information content (AvgIpc) is 3.11. The van der Waals surface area contributed by atoms with Crippen molar-refractivity contribution in [3.63, 3.8) is 0 Å². The van der Waals surface area contributed by atoms with Crippen molar-refractivity contribution >= 4 is 34.7 Å². The molecule has 2 aromatic carbocycles. The van der Waals surface area contributed by atoms with Crippen LogP contribution in [-0.4, -0.2) is 28.4 Å². The molecule has 1 fully saturated rings. The Labute approximate surface area is 197 Å². The number of aromatic nitrogens is 1. The third kappa shape index (κ3) is 4.22. The number of pyridine rings is 1. The number of Topliss-reactive ketones (excluding diaryl/α,β-unsaturated/α-hetero) is 1. The van der Waals surface area contributed by atoms with Crippen molar-refractivity contribution in [2.24, 2.45) is 0 Å². The summed E-state index contributed by atoms with van der Waals surface area (Å²) in [4.78, 5) is 32.1. The SMILES string of the molecule is CCOc1cc(/C(O)=C2/C(=O)C(=O)N(c3ccc(CC)cc3)C2c2ccccn2)ccc1Cl. The molecule has 1 saturated heterocycles. The van der Waals surface area contributed by atoms with Crippen LogP contribution in [0.3, 0.4) is 0 Å². The lowest BCUT2D eigenvalue weighted by atomic mass is 9.98. The molecule has 1 aromatic heterocycles. The number of hydrogen-bond acceptors (Lipinski definition) is 5. The summed E-state index contributed by atoms with van der Waals surface area (Å²) in [5, 5.41) is 11.6. The van der Waals surface area contributed by atoms with Crippen LogP contribution in [0.2, 0.25) is 5.02 Å². The Morgan fingerprint density at radius 1 is 1.09 bits per heavy atom. The van der Waals surface area contributed by atoms with E-state index in [1.807, 2.05) is 26.0 Å². The number of amides is 1. The second-order valence-electron chi connectivity index (χ2n) is 7.52. The van der Waals surface area contributed by atoms with E-state index in [2.05, 4.69) is 4.98 Å². The molecule has 1 atom stereocenters. The molecule has 168 valence electrons. The normalized spacial score (nSPS) is 17.4. The molecular weight excluding hydrogens is 440 g/mol. The number of rotatable bonds is 6. The van der Waals surface area contributed by atoms with Crippen molar-refractivity contribution < 1.29 is 19.4 Å². The lowest BCUT2D eigenvalue weighted by Crippen LogP contribution is -2.29. The highest BCUT2D eigenvalue weighted by molar-refractivity contribution is 6.51. The molecule has 1 amide bonds. The predicted octanol–water partition coefficient (Wildman–Crippen LogP) is 5.32.